The van der Waals surface area contributed by atoms with E-state index in [9.17, 15) is 13.2 Å². The molecule has 0 aliphatic rings. The molecule has 0 fully saturated rings. The third-order valence-electron chi connectivity index (χ3n) is 2.23. The van der Waals surface area contributed by atoms with Crippen molar-refractivity contribution in [3.8, 4) is 0 Å². The highest BCUT2D eigenvalue weighted by atomic mass is 32.2. The number of Topliss-reactive ketones (excluding diaryl/α,β-unsaturated/α-hetero) is 1. The number of hydrogen-bond acceptors (Lipinski definition) is 4. The Labute approximate surface area is 85.8 Å². The van der Waals surface area contributed by atoms with Crippen LogP contribution in [-0.4, -0.2) is 32.3 Å². The number of nitrogens with two attached hydrogens (primary N) is 1. The molecule has 0 rings (SSSR count). The topological polar surface area (TPSA) is 77.2 Å². The summed E-state index contributed by atoms with van der Waals surface area (Å²) in [6, 6.07) is -0.166. The summed E-state index contributed by atoms with van der Waals surface area (Å²) in [6.45, 7) is 3.55. The van der Waals surface area contributed by atoms with Crippen LogP contribution in [0.4, 0.5) is 0 Å². The maximum Gasteiger partial charge on any atom is 0.147 e. The van der Waals surface area contributed by atoms with Crippen LogP contribution in [0.1, 0.15) is 26.7 Å². The molecule has 2 unspecified atom stereocenters. The standard InChI is InChI=1S/C9H19NO3S/c1-7(8(2)10)9(11)5-4-6-14(3,12)13/h7-8H,4-6,10H2,1-3H3. The molecule has 14 heavy (non-hydrogen) atoms. The molecule has 0 aliphatic carbocycles. The first-order valence-electron chi connectivity index (χ1n) is 4.70. The number of sulfone groups is 1. The molecule has 4 nitrogen and oxygen atoms in total. The lowest BCUT2D eigenvalue weighted by Crippen LogP contribution is -2.30. The molecule has 0 heterocycles. The average molecular weight is 221 g/mol. The largest absolute Gasteiger partial charge is 0.327 e. The SMILES string of the molecule is CC(N)C(C)C(=O)CCCS(C)(=O)=O. The monoisotopic (exact) mass is 221 g/mol. The van der Waals surface area contributed by atoms with Crippen molar-refractivity contribution in [2.24, 2.45) is 11.7 Å². The fourth-order valence-corrected chi connectivity index (χ4v) is 1.70. The predicted octanol–water partition coefficient (Wildman–Crippen LogP) is 0.364. The van der Waals surface area contributed by atoms with Gasteiger partial charge in [0.05, 0.1) is 5.75 Å². The second kappa shape index (κ2) is 5.46. The van der Waals surface area contributed by atoms with Gasteiger partial charge in [0.1, 0.15) is 15.6 Å². The van der Waals surface area contributed by atoms with Crippen LogP contribution < -0.4 is 5.73 Å². The summed E-state index contributed by atoms with van der Waals surface area (Å²) in [4.78, 5) is 11.4. The molecule has 0 amide bonds. The van der Waals surface area contributed by atoms with E-state index in [1.165, 1.54) is 6.26 Å². The maximum absolute atomic E-state index is 11.4. The summed E-state index contributed by atoms with van der Waals surface area (Å²) in [5.74, 6) is -0.0667. The van der Waals surface area contributed by atoms with Crippen molar-refractivity contribution in [1.82, 2.24) is 0 Å². The smallest absolute Gasteiger partial charge is 0.147 e. The Morgan fingerprint density at radius 1 is 1.36 bits per heavy atom. The fraction of sp³-hybridized carbons (Fsp3) is 0.889. The van der Waals surface area contributed by atoms with Gasteiger partial charge < -0.3 is 5.73 Å². The normalized spacial score (nSPS) is 16.3. The summed E-state index contributed by atoms with van der Waals surface area (Å²) in [5.41, 5.74) is 5.56. The van der Waals surface area contributed by atoms with E-state index in [0.717, 1.165) is 0 Å². The molecule has 0 aromatic heterocycles. The van der Waals surface area contributed by atoms with Crippen LogP contribution in [-0.2, 0) is 14.6 Å². The zero-order valence-corrected chi connectivity index (χ0v) is 9.80. The summed E-state index contributed by atoms with van der Waals surface area (Å²) >= 11 is 0. The second-order valence-corrected chi connectivity index (χ2v) is 6.11. The average Bonchev–Trinajstić information content (AvgIpc) is 2.00. The van der Waals surface area contributed by atoms with Gasteiger partial charge in [-0.05, 0) is 13.3 Å². The number of hydrogen-bond donors (Lipinski definition) is 1. The first-order valence-corrected chi connectivity index (χ1v) is 6.76. The lowest BCUT2D eigenvalue weighted by atomic mass is 9.96. The van der Waals surface area contributed by atoms with E-state index in [1.54, 1.807) is 13.8 Å². The fourth-order valence-electron chi connectivity index (χ4n) is 1.03. The Balaban J connectivity index is 3.87. The molecule has 0 radical (unpaired) electrons. The van der Waals surface area contributed by atoms with Gasteiger partial charge in [-0.15, -0.1) is 0 Å². The minimum Gasteiger partial charge on any atom is -0.327 e. The van der Waals surface area contributed by atoms with Gasteiger partial charge in [-0.1, -0.05) is 6.92 Å². The van der Waals surface area contributed by atoms with Gasteiger partial charge in [0.25, 0.3) is 0 Å². The lowest BCUT2D eigenvalue weighted by molar-refractivity contribution is -0.122. The first-order chi connectivity index (χ1) is 6.24. The third-order valence-corrected chi connectivity index (χ3v) is 3.27. The molecule has 0 saturated heterocycles. The quantitative estimate of drug-likeness (QED) is 0.702. The Morgan fingerprint density at radius 2 is 1.86 bits per heavy atom. The maximum atomic E-state index is 11.4. The molecule has 0 aliphatic heterocycles. The minimum absolute atomic E-state index is 0.0450. The predicted molar refractivity (Wildman–Crippen MR) is 56.8 cm³/mol. The van der Waals surface area contributed by atoms with Gasteiger partial charge in [-0.25, -0.2) is 8.42 Å². The van der Waals surface area contributed by atoms with E-state index >= 15 is 0 Å². The van der Waals surface area contributed by atoms with Crippen molar-refractivity contribution in [3.63, 3.8) is 0 Å². The van der Waals surface area contributed by atoms with Gasteiger partial charge >= 0.3 is 0 Å². The van der Waals surface area contributed by atoms with Crippen LogP contribution in [0.3, 0.4) is 0 Å². The number of ketones is 1. The van der Waals surface area contributed by atoms with E-state index in [-0.39, 0.29) is 23.5 Å². The van der Waals surface area contributed by atoms with Crippen LogP contribution >= 0.6 is 0 Å². The zero-order valence-electron chi connectivity index (χ0n) is 8.99. The van der Waals surface area contributed by atoms with Crippen molar-refractivity contribution in [1.29, 1.82) is 0 Å². The van der Waals surface area contributed by atoms with Gasteiger partial charge in [0.15, 0.2) is 0 Å². The van der Waals surface area contributed by atoms with Gasteiger partial charge in [-0.3, -0.25) is 4.79 Å². The van der Waals surface area contributed by atoms with E-state index in [0.29, 0.717) is 12.8 Å². The van der Waals surface area contributed by atoms with E-state index in [2.05, 4.69) is 0 Å². The molecular weight excluding hydrogens is 202 g/mol. The van der Waals surface area contributed by atoms with Crippen LogP contribution in [0, 0.1) is 5.92 Å². The molecule has 0 aromatic rings. The van der Waals surface area contributed by atoms with Gasteiger partial charge in [0.2, 0.25) is 0 Å². The van der Waals surface area contributed by atoms with E-state index in [4.69, 9.17) is 5.73 Å². The molecule has 2 atom stereocenters. The summed E-state index contributed by atoms with van der Waals surface area (Å²) < 4.78 is 21.6. The molecule has 0 bridgehead atoms. The van der Waals surface area contributed by atoms with Crippen LogP contribution in [0.5, 0.6) is 0 Å². The van der Waals surface area contributed by atoms with E-state index < -0.39 is 9.84 Å². The Morgan fingerprint density at radius 3 is 2.21 bits per heavy atom. The van der Waals surface area contributed by atoms with Crippen molar-refractivity contribution in [3.05, 3.63) is 0 Å². The van der Waals surface area contributed by atoms with Crippen molar-refractivity contribution in [2.45, 2.75) is 32.7 Å². The Bertz CT molecular complexity index is 282. The molecular formula is C9H19NO3S. The Kier molecular flexibility index (Phi) is 5.29. The summed E-state index contributed by atoms with van der Waals surface area (Å²) in [6.07, 6.45) is 1.87. The molecule has 2 N–H and O–H groups in total. The Hall–Kier alpha value is -0.420. The van der Waals surface area contributed by atoms with Crippen molar-refractivity contribution < 1.29 is 13.2 Å². The van der Waals surface area contributed by atoms with Crippen LogP contribution in [0.2, 0.25) is 0 Å². The van der Waals surface area contributed by atoms with E-state index in [1.807, 2.05) is 0 Å². The van der Waals surface area contributed by atoms with Gasteiger partial charge in [0, 0.05) is 24.6 Å². The first kappa shape index (κ1) is 13.6. The zero-order chi connectivity index (χ0) is 11.4. The molecule has 0 saturated carbocycles. The molecule has 5 heteroatoms. The minimum atomic E-state index is -2.95. The lowest BCUT2D eigenvalue weighted by Gasteiger charge is -2.13. The van der Waals surface area contributed by atoms with Gasteiger partial charge in [-0.2, -0.15) is 0 Å². The van der Waals surface area contributed by atoms with Crippen LogP contribution in [0.25, 0.3) is 0 Å². The molecule has 0 spiro atoms. The van der Waals surface area contributed by atoms with Crippen molar-refractivity contribution >= 4 is 15.6 Å². The number of carbonyl (C=O) groups excluding carboxylic acids is 1. The highest BCUT2D eigenvalue weighted by molar-refractivity contribution is 7.90. The third kappa shape index (κ3) is 6.10. The number of carbonyl (C=O) groups is 1. The molecule has 0 aromatic carbocycles. The van der Waals surface area contributed by atoms with Crippen LogP contribution in [0.15, 0.2) is 0 Å². The summed E-state index contributed by atoms with van der Waals surface area (Å²) in [5, 5.41) is 0. The highest BCUT2D eigenvalue weighted by Crippen LogP contribution is 2.07. The molecule has 84 valence electrons. The summed E-state index contributed by atoms with van der Waals surface area (Å²) in [7, 11) is -2.95. The number of rotatable bonds is 6. The second-order valence-electron chi connectivity index (χ2n) is 3.85. The highest BCUT2D eigenvalue weighted by Gasteiger charge is 2.16. The van der Waals surface area contributed by atoms with Crippen molar-refractivity contribution in [2.75, 3.05) is 12.0 Å².